The maximum absolute atomic E-state index is 13.2. The van der Waals surface area contributed by atoms with Crippen LogP contribution in [0.15, 0.2) is 48.1 Å². The second-order valence-corrected chi connectivity index (χ2v) is 7.80. The number of esters is 1. The van der Waals surface area contributed by atoms with Gasteiger partial charge in [0.1, 0.15) is 12.0 Å². The molecule has 0 radical (unpaired) electrons. The molecule has 2 atom stereocenters. The first-order chi connectivity index (χ1) is 13.1. The lowest BCUT2D eigenvalue weighted by molar-refractivity contribution is -0.378. The zero-order valence-corrected chi connectivity index (χ0v) is 15.6. The van der Waals surface area contributed by atoms with Crippen LogP contribution in [0.4, 0.5) is 0 Å². The van der Waals surface area contributed by atoms with Crippen molar-refractivity contribution in [1.82, 2.24) is 5.32 Å². The minimum Gasteiger partial charge on any atom is -0.462 e. The molecular formula is C22H27N2O3+. The van der Waals surface area contributed by atoms with Crippen LogP contribution < -0.4 is 10.3 Å². The van der Waals surface area contributed by atoms with Crippen LogP contribution in [0.2, 0.25) is 0 Å². The average molecular weight is 367 g/mol. The van der Waals surface area contributed by atoms with Gasteiger partial charge < -0.3 is 10.1 Å². The summed E-state index contributed by atoms with van der Waals surface area (Å²) in [5.74, 6) is -1.03. The highest BCUT2D eigenvalue weighted by Crippen LogP contribution is 2.44. The number of Topliss-reactive ketones (excluding diaryl/α,β-unsaturated/α-hetero) is 1. The van der Waals surface area contributed by atoms with Gasteiger partial charge in [-0.3, -0.25) is 9.59 Å². The van der Waals surface area contributed by atoms with Crippen molar-refractivity contribution < 1.29 is 19.3 Å². The summed E-state index contributed by atoms with van der Waals surface area (Å²) in [5, 5.41) is 3.27. The molecule has 1 aliphatic heterocycles. The van der Waals surface area contributed by atoms with Crippen LogP contribution in [-0.2, 0) is 14.3 Å². The summed E-state index contributed by atoms with van der Waals surface area (Å²) in [4.78, 5) is 29.0. The van der Waals surface area contributed by atoms with Gasteiger partial charge in [-0.05, 0) is 44.1 Å². The lowest BCUT2D eigenvalue weighted by Gasteiger charge is -2.38. The molecular weight excluding hydrogens is 340 g/mol. The van der Waals surface area contributed by atoms with E-state index in [1.54, 1.807) is 0 Å². The molecule has 4 rings (SSSR count). The highest BCUT2D eigenvalue weighted by atomic mass is 16.5. The Morgan fingerprint density at radius 1 is 1.11 bits per heavy atom. The third kappa shape index (κ3) is 3.55. The summed E-state index contributed by atoms with van der Waals surface area (Å²) in [6.45, 7) is 4.14. The zero-order valence-electron chi connectivity index (χ0n) is 15.6. The molecule has 2 heterocycles. The van der Waals surface area contributed by atoms with E-state index >= 15 is 0 Å². The summed E-state index contributed by atoms with van der Waals surface area (Å²) < 4.78 is 5.89. The van der Waals surface area contributed by atoms with Gasteiger partial charge in [0.05, 0.1) is 0 Å². The van der Waals surface area contributed by atoms with Crippen molar-refractivity contribution in [3.05, 3.63) is 53.6 Å². The Bertz CT molecular complexity index is 778. The fourth-order valence-corrected chi connectivity index (χ4v) is 4.66. The van der Waals surface area contributed by atoms with Crippen LogP contribution in [0, 0.1) is 5.92 Å². The SMILES string of the molecule is C=C1NC2=C(C(=O)CCC2)C(c2cc[nH+]cc2)C1C(=O)OC1CCCCC1. The first kappa shape index (κ1) is 18.0. The van der Waals surface area contributed by atoms with Gasteiger partial charge >= 0.3 is 5.97 Å². The molecule has 0 bridgehead atoms. The third-order valence-corrected chi connectivity index (χ3v) is 5.98. The third-order valence-electron chi connectivity index (χ3n) is 5.98. The number of allylic oxidation sites excluding steroid dienone is 2. The van der Waals surface area contributed by atoms with Gasteiger partial charge in [0.2, 0.25) is 0 Å². The number of hydrogen-bond acceptors (Lipinski definition) is 4. The number of pyridine rings is 1. The molecule has 0 saturated heterocycles. The number of H-pyrrole nitrogens is 1. The monoisotopic (exact) mass is 367 g/mol. The molecule has 0 amide bonds. The van der Waals surface area contributed by atoms with Crippen LogP contribution in [0.25, 0.3) is 0 Å². The summed E-state index contributed by atoms with van der Waals surface area (Å²) in [5.41, 5.74) is 3.26. The predicted octanol–water partition coefficient (Wildman–Crippen LogP) is 3.20. The Labute approximate surface area is 159 Å². The molecule has 27 heavy (non-hydrogen) atoms. The fraction of sp³-hybridized carbons (Fsp3) is 0.500. The molecule has 3 aliphatic rings. The number of carbonyl (C=O) groups excluding carboxylic acids is 2. The lowest BCUT2D eigenvalue weighted by Crippen LogP contribution is -2.42. The summed E-state index contributed by atoms with van der Waals surface area (Å²) in [6.07, 6.45) is 11.1. The van der Waals surface area contributed by atoms with Crippen molar-refractivity contribution in [2.24, 2.45) is 5.92 Å². The highest BCUT2D eigenvalue weighted by Gasteiger charge is 2.44. The highest BCUT2D eigenvalue weighted by molar-refractivity contribution is 6.00. The number of aromatic nitrogens is 1. The number of ether oxygens (including phenoxy) is 1. The van der Waals surface area contributed by atoms with E-state index in [4.69, 9.17) is 4.74 Å². The molecule has 0 spiro atoms. The second-order valence-electron chi connectivity index (χ2n) is 7.80. The maximum atomic E-state index is 13.2. The minimum absolute atomic E-state index is 0.0127. The lowest BCUT2D eigenvalue weighted by atomic mass is 9.71. The molecule has 2 unspecified atom stereocenters. The van der Waals surface area contributed by atoms with Crippen molar-refractivity contribution in [2.45, 2.75) is 63.4 Å². The van der Waals surface area contributed by atoms with Crippen LogP contribution in [0.5, 0.6) is 0 Å². The number of nitrogens with one attached hydrogen (secondary N) is 2. The van der Waals surface area contributed by atoms with Crippen LogP contribution in [0.3, 0.4) is 0 Å². The van der Waals surface area contributed by atoms with Gasteiger partial charge in [0.25, 0.3) is 0 Å². The van der Waals surface area contributed by atoms with Crippen molar-refractivity contribution in [3.8, 4) is 0 Å². The fourth-order valence-electron chi connectivity index (χ4n) is 4.66. The Hall–Kier alpha value is -2.43. The van der Waals surface area contributed by atoms with Crippen molar-refractivity contribution in [1.29, 1.82) is 0 Å². The Balaban J connectivity index is 1.70. The van der Waals surface area contributed by atoms with Gasteiger partial charge in [-0.25, -0.2) is 4.98 Å². The van der Waals surface area contributed by atoms with Gasteiger partial charge in [-0.2, -0.15) is 0 Å². The van der Waals surface area contributed by atoms with Crippen LogP contribution in [0.1, 0.15) is 62.8 Å². The maximum Gasteiger partial charge on any atom is 0.316 e. The Kier molecular flexibility index (Phi) is 5.10. The van der Waals surface area contributed by atoms with E-state index in [9.17, 15) is 9.59 Å². The molecule has 142 valence electrons. The summed E-state index contributed by atoms with van der Waals surface area (Å²) in [6, 6.07) is 3.88. The molecule has 1 aromatic rings. The van der Waals surface area contributed by atoms with Gasteiger partial charge in [-0.1, -0.05) is 13.0 Å². The molecule has 1 fully saturated rings. The van der Waals surface area contributed by atoms with E-state index < -0.39 is 5.92 Å². The van der Waals surface area contributed by atoms with Gasteiger partial charge in [0, 0.05) is 41.4 Å². The number of aromatic amines is 1. The zero-order chi connectivity index (χ0) is 18.8. The molecule has 1 saturated carbocycles. The topological polar surface area (TPSA) is 69.5 Å². The largest absolute Gasteiger partial charge is 0.462 e. The number of ketones is 1. The summed E-state index contributed by atoms with van der Waals surface area (Å²) >= 11 is 0. The molecule has 5 heteroatoms. The van der Waals surface area contributed by atoms with E-state index in [1.165, 1.54) is 6.42 Å². The standard InChI is InChI=1S/C22H26N2O3/c1-14-19(22(26)27-16-6-3-2-4-7-16)20(15-10-12-23-13-11-15)21-17(24-14)8-5-9-18(21)25/h10-13,16,19-20,24H,1-9H2/p+1. The average Bonchev–Trinajstić information content (AvgIpc) is 2.68. The molecule has 5 nitrogen and oxygen atoms in total. The molecule has 1 aromatic heterocycles. The first-order valence-electron chi connectivity index (χ1n) is 10.0. The summed E-state index contributed by atoms with van der Waals surface area (Å²) in [7, 11) is 0. The first-order valence-corrected chi connectivity index (χ1v) is 10.0. The second kappa shape index (κ2) is 7.67. The minimum atomic E-state index is -0.574. The number of carbonyl (C=O) groups is 2. The van der Waals surface area contributed by atoms with E-state index in [0.29, 0.717) is 12.1 Å². The van der Waals surface area contributed by atoms with Crippen molar-refractivity contribution in [2.75, 3.05) is 0 Å². The molecule has 2 aliphatic carbocycles. The Morgan fingerprint density at radius 3 is 2.59 bits per heavy atom. The van der Waals surface area contributed by atoms with Gasteiger partial charge in [0.15, 0.2) is 18.2 Å². The quantitative estimate of drug-likeness (QED) is 0.833. The van der Waals surface area contributed by atoms with Crippen molar-refractivity contribution in [3.63, 3.8) is 0 Å². The van der Waals surface area contributed by atoms with Crippen LogP contribution >= 0.6 is 0 Å². The van der Waals surface area contributed by atoms with Crippen molar-refractivity contribution >= 4 is 11.8 Å². The molecule has 0 aromatic carbocycles. The van der Waals surface area contributed by atoms with E-state index in [2.05, 4.69) is 16.9 Å². The Morgan fingerprint density at radius 2 is 1.85 bits per heavy atom. The number of hydrogen-bond donors (Lipinski definition) is 1. The van der Waals surface area contributed by atoms with Crippen LogP contribution in [-0.4, -0.2) is 17.9 Å². The number of rotatable bonds is 3. The smallest absolute Gasteiger partial charge is 0.316 e. The molecule has 2 N–H and O–H groups in total. The normalized spacial score (nSPS) is 26.4. The van der Waals surface area contributed by atoms with E-state index in [0.717, 1.165) is 55.4 Å². The van der Waals surface area contributed by atoms with E-state index in [1.807, 2.05) is 24.5 Å². The van der Waals surface area contributed by atoms with Gasteiger partial charge in [-0.15, -0.1) is 0 Å². The van der Waals surface area contributed by atoms with E-state index in [-0.39, 0.29) is 23.8 Å². The predicted molar refractivity (Wildman–Crippen MR) is 100 cm³/mol.